The van der Waals surface area contributed by atoms with E-state index in [1.54, 1.807) is 7.05 Å². The molecule has 5 unspecified atom stereocenters. The maximum absolute atomic E-state index is 13.1. The average Bonchev–Trinajstić information content (AvgIpc) is 2.44. The lowest BCUT2D eigenvalue weighted by Gasteiger charge is -2.40. The third-order valence-electron chi connectivity index (χ3n) is 3.04. The summed E-state index contributed by atoms with van der Waals surface area (Å²) in [7, 11) is 1.57. The number of amidine groups is 1. The van der Waals surface area contributed by atoms with Gasteiger partial charge >= 0.3 is 11.3 Å². The molecule has 6 nitrogen and oxygen atoms in total. The molecule has 0 aromatic rings. The molecule has 1 heterocycles. The van der Waals surface area contributed by atoms with E-state index < -0.39 is 36.0 Å². The lowest BCUT2D eigenvalue weighted by molar-refractivity contribution is -0.281. The summed E-state index contributed by atoms with van der Waals surface area (Å²) in [4.78, 5) is 0. The number of halogens is 3. The van der Waals surface area contributed by atoms with Crippen LogP contribution in [0.25, 0.3) is 0 Å². The van der Waals surface area contributed by atoms with Crippen LogP contribution in [0.5, 0.6) is 0 Å². The van der Waals surface area contributed by atoms with Crippen LogP contribution >= 0.6 is 11.8 Å². The Labute approximate surface area is 130 Å². The second-order valence-corrected chi connectivity index (χ2v) is 5.72. The fourth-order valence-electron chi connectivity index (χ4n) is 2.05. The number of hydrogen-bond acceptors (Lipinski definition) is 5. The molecule has 22 heavy (non-hydrogen) atoms. The normalized spacial score (nSPS) is 30.5. The van der Waals surface area contributed by atoms with E-state index in [0.717, 1.165) is 11.8 Å². The summed E-state index contributed by atoms with van der Waals surface area (Å²) in [6.45, 7) is 4.52. The summed E-state index contributed by atoms with van der Waals surface area (Å²) in [6.07, 6.45) is -11.8. The molecule has 0 aromatic carbocycles. The van der Waals surface area contributed by atoms with Crippen molar-refractivity contribution in [1.29, 1.82) is 0 Å². The van der Waals surface area contributed by atoms with Crippen molar-refractivity contribution in [3.63, 3.8) is 0 Å². The minimum atomic E-state index is -4.72. The van der Waals surface area contributed by atoms with Crippen LogP contribution < -0.4 is 9.98 Å². The molecule has 0 radical (unpaired) electrons. The highest BCUT2D eigenvalue weighted by molar-refractivity contribution is 8.14. The van der Waals surface area contributed by atoms with E-state index in [-0.39, 0.29) is 13.0 Å². The van der Waals surface area contributed by atoms with Crippen LogP contribution in [0.1, 0.15) is 13.3 Å². The molecule has 3 N–H and O–H groups in total. The van der Waals surface area contributed by atoms with Gasteiger partial charge in [0.25, 0.3) is 0 Å². The first kappa shape index (κ1) is 19.3. The predicted molar refractivity (Wildman–Crippen MR) is 77.7 cm³/mol. The second-order valence-electron chi connectivity index (χ2n) is 4.57. The van der Waals surface area contributed by atoms with Crippen LogP contribution in [-0.4, -0.2) is 71.8 Å². The molecule has 1 rings (SSSR count). The van der Waals surface area contributed by atoms with Crippen molar-refractivity contribution in [3.8, 4) is 0 Å². The van der Waals surface area contributed by atoms with E-state index >= 15 is 0 Å². The SMILES string of the molecule is C=[N+]=C(NC)SC1CC(O)C(O)C(C(OCC)C(F)(F)F)O1. The van der Waals surface area contributed by atoms with E-state index in [4.69, 9.17) is 4.74 Å². The molecule has 1 aliphatic rings. The monoisotopic (exact) mass is 345 g/mol. The minimum absolute atomic E-state index is 0.0419. The highest BCUT2D eigenvalue weighted by Gasteiger charge is 2.53. The predicted octanol–water partition coefficient (Wildman–Crippen LogP) is -0.133. The van der Waals surface area contributed by atoms with Gasteiger partial charge in [-0.05, 0) is 6.92 Å². The summed E-state index contributed by atoms with van der Waals surface area (Å²) in [5.41, 5.74) is -0.818. The van der Waals surface area contributed by atoms with Crippen LogP contribution in [0.3, 0.4) is 0 Å². The molecule has 0 aromatic heterocycles. The molecule has 0 spiro atoms. The zero-order valence-corrected chi connectivity index (χ0v) is 13.0. The van der Waals surface area contributed by atoms with Crippen LogP contribution in [0, 0.1) is 0 Å². The van der Waals surface area contributed by atoms with Crippen molar-refractivity contribution in [1.82, 2.24) is 9.98 Å². The maximum atomic E-state index is 13.1. The Hall–Kier alpha value is -0.770. The summed E-state index contributed by atoms with van der Waals surface area (Å²) in [6, 6.07) is 0. The zero-order valence-electron chi connectivity index (χ0n) is 12.2. The average molecular weight is 345 g/mol. The van der Waals surface area contributed by atoms with Crippen LogP contribution in [0.4, 0.5) is 13.2 Å². The van der Waals surface area contributed by atoms with Crippen molar-refractivity contribution >= 4 is 23.6 Å². The number of nitrogens with zero attached hydrogens (tertiary/aromatic N) is 1. The molecule has 10 heteroatoms. The molecule has 0 aliphatic carbocycles. The number of aliphatic hydroxyl groups excluding tert-OH is 2. The fraction of sp³-hybridized carbons (Fsp3) is 0.833. The van der Waals surface area contributed by atoms with Gasteiger partial charge in [0.05, 0.1) is 13.2 Å². The molecule has 1 fully saturated rings. The van der Waals surface area contributed by atoms with Gasteiger partial charge in [-0.1, -0.05) is 0 Å². The minimum Gasteiger partial charge on any atom is -0.390 e. The molecule has 0 bridgehead atoms. The molecule has 5 atom stereocenters. The number of ether oxygens (including phenoxy) is 2. The molecular formula is C12H20F3N2O4S+. The van der Waals surface area contributed by atoms with Gasteiger partial charge in [-0.25, -0.2) is 4.67 Å². The van der Waals surface area contributed by atoms with Gasteiger partial charge in [0, 0.05) is 24.8 Å². The van der Waals surface area contributed by atoms with E-state index in [9.17, 15) is 23.4 Å². The van der Waals surface area contributed by atoms with Crippen LogP contribution in [0.2, 0.25) is 0 Å². The molecule has 0 saturated carbocycles. The lowest BCUT2D eigenvalue weighted by atomic mass is 9.97. The quantitative estimate of drug-likeness (QED) is 0.374. The number of hydrogen-bond donors (Lipinski definition) is 3. The summed E-state index contributed by atoms with van der Waals surface area (Å²) < 4.78 is 52.8. The van der Waals surface area contributed by atoms with Gasteiger partial charge in [0.1, 0.15) is 17.6 Å². The number of aliphatic hydroxyl groups is 2. The summed E-state index contributed by atoms with van der Waals surface area (Å²) in [5.74, 6) is 0. The van der Waals surface area contributed by atoms with Gasteiger partial charge in [0.2, 0.25) is 0 Å². The Balaban J connectivity index is 2.93. The van der Waals surface area contributed by atoms with Gasteiger partial charge in [-0.3, -0.25) is 5.32 Å². The van der Waals surface area contributed by atoms with Crippen molar-refractivity contribution in [2.75, 3.05) is 13.7 Å². The van der Waals surface area contributed by atoms with Crippen LogP contribution in [-0.2, 0) is 9.47 Å². The first-order valence-electron chi connectivity index (χ1n) is 6.62. The smallest absolute Gasteiger partial charge is 0.390 e. The Morgan fingerprint density at radius 2 is 2.18 bits per heavy atom. The standard InChI is InChI=1S/C12H19F3N2O4S/c1-4-20-10(12(13,14)15)9-8(19)6(18)5-7(21-9)22-11(16-2)17-3/h6-10,18-19H,2,4-5H2,1,3H3/p+1. The Morgan fingerprint density at radius 1 is 1.55 bits per heavy atom. The highest BCUT2D eigenvalue weighted by atomic mass is 32.2. The second kappa shape index (κ2) is 8.19. The Kier molecular flexibility index (Phi) is 7.17. The number of nitrogens with one attached hydrogen (secondary N) is 1. The molecular weight excluding hydrogens is 325 g/mol. The van der Waals surface area contributed by atoms with Gasteiger partial charge in [-0.15, -0.1) is 0 Å². The first-order valence-corrected chi connectivity index (χ1v) is 7.50. The number of thioether (sulfide) groups is 1. The first-order chi connectivity index (χ1) is 10.2. The number of rotatable bonds is 4. The van der Waals surface area contributed by atoms with E-state index in [1.807, 2.05) is 0 Å². The van der Waals surface area contributed by atoms with E-state index in [2.05, 4.69) is 21.4 Å². The van der Waals surface area contributed by atoms with Gasteiger partial charge < -0.3 is 19.7 Å². The van der Waals surface area contributed by atoms with Crippen molar-refractivity contribution in [2.45, 2.75) is 49.4 Å². The summed E-state index contributed by atoms with van der Waals surface area (Å²) >= 11 is 0.981. The largest absolute Gasteiger partial charge is 0.417 e. The zero-order chi connectivity index (χ0) is 16.9. The molecule has 128 valence electrons. The third-order valence-corrected chi connectivity index (χ3v) is 4.16. The fourth-order valence-corrected chi connectivity index (χ4v) is 2.97. The van der Waals surface area contributed by atoms with Crippen molar-refractivity contribution in [2.24, 2.45) is 0 Å². The van der Waals surface area contributed by atoms with Crippen molar-refractivity contribution < 1.29 is 32.9 Å². The van der Waals surface area contributed by atoms with Crippen LogP contribution in [0.15, 0.2) is 0 Å². The molecule has 1 saturated heterocycles. The van der Waals surface area contributed by atoms with Crippen molar-refractivity contribution in [3.05, 3.63) is 0 Å². The van der Waals surface area contributed by atoms with Gasteiger partial charge in [0.15, 0.2) is 12.8 Å². The Bertz CT molecular complexity index is 418. The maximum Gasteiger partial charge on any atom is 0.417 e. The topological polar surface area (TPSA) is 85.1 Å². The highest BCUT2D eigenvalue weighted by Crippen LogP contribution is 2.35. The summed E-state index contributed by atoms with van der Waals surface area (Å²) in [5, 5.41) is 22.7. The third kappa shape index (κ3) is 4.87. The lowest BCUT2D eigenvalue weighted by Crippen LogP contribution is -2.57. The molecule has 0 amide bonds. The van der Waals surface area contributed by atoms with E-state index in [0.29, 0.717) is 5.17 Å². The molecule has 1 aliphatic heterocycles. The van der Waals surface area contributed by atoms with E-state index in [1.165, 1.54) is 6.92 Å². The number of alkyl halides is 3. The Morgan fingerprint density at radius 3 is 2.64 bits per heavy atom. The van der Waals surface area contributed by atoms with Gasteiger partial charge in [-0.2, -0.15) is 13.2 Å².